The number of hydrogen-bond donors (Lipinski definition) is 2. The molecule has 2 atom stereocenters. The van der Waals surface area contributed by atoms with Gasteiger partial charge < -0.3 is 24.6 Å². The van der Waals surface area contributed by atoms with Crippen LogP contribution in [0.5, 0.6) is 5.75 Å². The molecule has 0 spiro atoms. The van der Waals surface area contributed by atoms with Gasteiger partial charge in [0.15, 0.2) is 0 Å². The molecule has 1 aliphatic heterocycles. The summed E-state index contributed by atoms with van der Waals surface area (Å²) >= 11 is 0. The van der Waals surface area contributed by atoms with Crippen LogP contribution in [0.2, 0.25) is 0 Å². The molecule has 0 aliphatic carbocycles. The summed E-state index contributed by atoms with van der Waals surface area (Å²) in [6.45, 7) is 0.375. The Kier molecular flexibility index (Phi) is 6.10. The summed E-state index contributed by atoms with van der Waals surface area (Å²) in [5.41, 5.74) is 0.494. The van der Waals surface area contributed by atoms with Crippen molar-refractivity contribution >= 4 is 17.5 Å². The molecule has 1 saturated heterocycles. The first-order valence-electron chi connectivity index (χ1n) is 9.03. The van der Waals surface area contributed by atoms with Crippen molar-refractivity contribution in [2.75, 3.05) is 25.1 Å². The van der Waals surface area contributed by atoms with E-state index in [0.29, 0.717) is 11.4 Å². The highest BCUT2D eigenvalue weighted by Gasteiger charge is 2.35. The molecule has 3 rings (SSSR count). The highest BCUT2D eigenvalue weighted by molar-refractivity contribution is 6.00. The van der Waals surface area contributed by atoms with E-state index in [1.165, 1.54) is 10.6 Å². The van der Waals surface area contributed by atoms with Crippen LogP contribution in [-0.4, -0.2) is 47.8 Å². The Hall–Kier alpha value is -3.13. The van der Waals surface area contributed by atoms with Gasteiger partial charge >= 0.3 is 0 Å². The summed E-state index contributed by atoms with van der Waals surface area (Å²) < 4.78 is 6.49. The number of hydrogen-bond acceptors (Lipinski definition) is 5. The number of ether oxygens (including phenoxy) is 1. The number of nitrogens with zero attached hydrogens (tertiary/aromatic N) is 2. The minimum Gasteiger partial charge on any atom is -0.497 e. The SMILES string of the molecule is COc1ccc(N2CC(C(=O)NCC(O)Cn3ccccc3=O)CC2=O)cc1. The zero-order valence-electron chi connectivity index (χ0n) is 15.6. The fraction of sp³-hybridized carbons (Fsp3) is 0.350. The lowest BCUT2D eigenvalue weighted by atomic mass is 10.1. The summed E-state index contributed by atoms with van der Waals surface area (Å²) in [5.74, 6) is -0.206. The Morgan fingerprint density at radius 2 is 2.00 bits per heavy atom. The molecular formula is C20H23N3O5. The minimum absolute atomic E-state index is 0.00734. The first-order chi connectivity index (χ1) is 13.5. The first kappa shape index (κ1) is 19.6. The van der Waals surface area contributed by atoms with Crippen molar-refractivity contribution < 1.29 is 19.4 Å². The first-order valence-corrected chi connectivity index (χ1v) is 9.03. The summed E-state index contributed by atoms with van der Waals surface area (Å²) in [7, 11) is 1.57. The van der Waals surface area contributed by atoms with Crippen LogP contribution in [0.1, 0.15) is 6.42 Å². The molecule has 148 valence electrons. The molecule has 0 radical (unpaired) electrons. The van der Waals surface area contributed by atoms with E-state index in [-0.39, 0.29) is 43.4 Å². The molecule has 1 aromatic heterocycles. The molecular weight excluding hydrogens is 362 g/mol. The second-order valence-electron chi connectivity index (χ2n) is 6.69. The molecule has 0 bridgehead atoms. The van der Waals surface area contributed by atoms with E-state index < -0.39 is 12.0 Å². The van der Waals surface area contributed by atoms with Crippen LogP contribution in [0.3, 0.4) is 0 Å². The maximum atomic E-state index is 12.4. The van der Waals surface area contributed by atoms with Crippen molar-refractivity contribution in [2.45, 2.75) is 19.1 Å². The lowest BCUT2D eigenvalue weighted by Gasteiger charge is -2.18. The number of benzene rings is 1. The van der Waals surface area contributed by atoms with Gasteiger partial charge in [-0.2, -0.15) is 0 Å². The number of nitrogens with one attached hydrogen (secondary N) is 1. The lowest BCUT2D eigenvalue weighted by Crippen LogP contribution is -2.39. The minimum atomic E-state index is -0.904. The molecule has 2 aromatic rings. The highest BCUT2D eigenvalue weighted by atomic mass is 16.5. The molecule has 1 aromatic carbocycles. The van der Waals surface area contributed by atoms with E-state index in [2.05, 4.69) is 5.32 Å². The maximum absolute atomic E-state index is 12.4. The van der Waals surface area contributed by atoms with E-state index >= 15 is 0 Å². The third kappa shape index (κ3) is 4.58. The standard InChI is InChI=1S/C20H23N3O5/c1-28-17-7-5-15(6-8-17)23-12-14(10-19(23)26)20(27)21-11-16(24)13-22-9-3-2-4-18(22)25/h2-9,14,16,24H,10-13H2,1H3,(H,21,27). The quantitative estimate of drug-likeness (QED) is 0.718. The number of aliphatic hydroxyl groups excluding tert-OH is 1. The van der Waals surface area contributed by atoms with Crippen LogP contribution in [0.15, 0.2) is 53.5 Å². The van der Waals surface area contributed by atoms with Crippen molar-refractivity contribution in [2.24, 2.45) is 5.92 Å². The van der Waals surface area contributed by atoms with E-state index in [0.717, 1.165) is 0 Å². The van der Waals surface area contributed by atoms with Crippen molar-refractivity contribution in [1.82, 2.24) is 9.88 Å². The van der Waals surface area contributed by atoms with Gasteiger partial charge in [-0.25, -0.2) is 0 Å². The number of methoxy groups -OCH3 is 1. The average Bonchev–Trinajstić information content (AvgIpc) is 3.10. The molecule has 2 heterocycles. The van der Waals surface area contributed by atoms with E-state index in [4.69, 9.17) is 4.74 Å². The van der Waals surface area contributed by atoms with Crippen LogP contribution >= 0.6 is 0 Å². The third-order valence-corrected chi connectivity index (χ3v) is 4.70. The van der Waals surface area contributed by atoms with Gasteiger partial charge in [-0.05, 0) is 30.3 Å². The number of anilines is 1. The number of pyridine rings is 1. The van der Waals surface area contributed by atoms with Crippen molar-refractivity contribution in [1.29, 1.82) is 0 Å². The fourth-order valence-electron chi connectivity index (χ4n) is 3.16. The Morgan fingerprint density at radius 3 is 2.68 bits per heavy atom. The van der Waals surface area contributed by atoms with Crippen molar-refractivity contribution in [3.05, 3.63) is 59.0 Å². The second kappa shape index (κ2) is 8.71. The van der Waals surface area contributed by atoms with Gasteiger partial charge in [0.1, 0.15) is 5.75 Å². The van der Waals surface area contributed by atoms with Crippen molar-refractivity contribution in [3.8, 4) is 5.75 Å². The van der Waals surface area contributed by atoms with E-state index in [1.807, 2.05) is 0 Å². The summed E-state index contributed by atoms with van der Waals surface area (Å²) in [4.78, 5) is 37.9. The number of carbonyl (C=O) groups is 2. The molecule has 2 N–H and O–H groups in total. The Bertz CT molecular complexity index is 893. The van der Waals surface area contributed by atoms with Gasteiger partial charge in [0.05, 0.1) is 25.7 Å². The topological polar surface area (TPSA) is 101 Å². The van der Waals surface area contributed by atoms with Crippen molar-refractivity contribution in [3.63, 3.8) is 0 Å². The third-order valence-electron chi connectivity index (χ3n) is 4.70. The summed E-state index contributed by atoms with van der Waals surface area (Å²) in [5, 5.41) is 12.8. The summed E-state index contributed by atoms with van der Waals surface area (Å²) in [6.07, 6.45) is 0.792. The van der Waals surface area contributed by atoms with E-state index in [1.54, 1.807) is 54.6 Å². The number of carbonyl (C=O) groups excluding carboxylic acids is 2. The monoisotopic (exact) mass is 385 g/mol. The van der Waals surface area contributed by atoms with Crippen LogP contribution in [0, 0.1) is 5.92 Å². The molecule has 2 unspecified atom stereocenters. The van der Waals surface area contributed by atoms with E-state index in [9.17, 15) is 19.5 Å². The number of aromatic nitrogens is 1. The zero-order chi connectivity index (χ0) is 20.1. The smallest absolute Gasteiger partial charge is 0.250 e. The van der Waals surface area contributed by atoms with Gasteiger partial charge in [-0.15, -0.1) is 0 Å². The predicted octanol–water partition coefficient (Wildman–Crippen LogP) is 0.387. The number of rotatable bonds is 7. The fourth-order valence-corrected chi connectivity index (χ4v) is 3.16. The number of amides is 2. The normalized spacial score (nSPS) is 17.4. The Labute approximate surface area is 162 Å². The average molecular weight is 385 g/mol. The van der Waals surface area contributed by atoms with Crippen LogP contribution in [-0.2, 0) is 16.1 Å². The van der Waals surface area contributed by atoms with Crippen LogP contribution < -0.4 is 20.5 Å². The summed E-state index contributed by atoms with van der Waals surface area (Å²) in [6, 6.07) is 11.8. The predicted molar refractivity (Wildman–Crippen MR) is 103 cm³/mol. The lowest BCUT2D eigenvalue weighted by molar-refractivity contribution is -0.126. The van der Waals surface area contributed by atoms with Gasteiger partial charge in [0.25, 0.3) is 5.56 Å². The largest absolute Gasteiger partial charge is 0.497 e. The second-order valence-corrected chi connectivity index (χ2v) is 6.69. The zero-order valence-corrected chi connectivity index (χ0v) is 15.6. The molecule has 1 fully saturated rings. The maximum Gasteiger partial charge on any atom is 0.250 e. The Morgan fingerprint density at radius 1 is 1.25 bits per heavy atom. The highest BCUT2D eigenvalue weighted by Crippen LogP contribution is 2.26. The number of aliphatic hydroxyl groups is 1. The van der Waals surface area contributed by atoms with Gasteiger partial charge in [-0.1, -0.05) is 6.07 Å². The molecule has 1 aliphatic rings. The van der Waals surface area contributed by atoms with Gasteiger partial charge in [-0.3, -0.25) is 14.4 Å². The van der Waals surface area contributed by atoms with Gasteiger partial charge in [0.2, 0.25) is 11.8 Å². The Balaban J connectivity index is 1.52. The molecule has 0 saturated carbocycles. The molecule has 8 heteroatoms. The molecule has 28 heavy (non-hydrogen) atoms. The van der Waals surface area contributed by atoms with Crippen LogP contribution in [0.25, 0.3) is 0 Å². The molecule has 2 amide bonds. The van der Waals surface area contributed by atoms with Crippen LogP contribution in [0.4, 0.5) is 5.69 Å². The molecule has 8 nitrogen and oxygen atoms in total. The van der Waals surface area contributed by atoms with Gasteiger partial charge in [0, 0.05) is 37.5 Å².